The second kappa shape index (κ2) is 11.9. The Morgan fingerprint density at radius 3 is 2.74 bits per heavy atom. The summed E-state index contributed by atoms with van der Waals surface area (Å²) in [6.07, 6.45) is 2.67. The molecule has 2 aromatic carbocycles. The third-order valence-electron chi connectivity index (χ3n) is 7.27. The van der Waals surface area contributed by atoms with Crippen molar-refractivity contribution in [3.8, 4) is 5.75 Å². The number of amides is 1. The summed E-state index contributed by atoms with van der Waals surface area (Å²) in [5, 5.41) is 6.98. The van der Waals surface area contributed by atoms with Gasteiger partial charge in [0.2, 0.25) is 0 Å². The van der Waals surface area contributed by atoms with E-state index in [9.17, 15) is 18.0 Å². The van der Waals surface area contributed by atoms with Crippen LogP contribution in [0.25, 0.3) is 5.57 Å². The molecule has 2 heterocycles. The molecule has 0 unspecified atom stereocenters. The van der Waals surface area contributed by atoms with Gasteiger partial charge in [0, 0.05) is 12.5 Å². The van der Waals surface area contributed by atoms with E-state index in [1.165, 1.54) is 17.5 Å². The molecule has 0 aromatic heterocycles. The van der Waals surface area contributed by atoms with E-state index in [4.69, 9.17) is 4.74 Å². The number of nitrogens with one attached hydrogen (secondary N) is 3. The van der Waals surface area contributed by atoms with Crippen LogP contribution in [0.3, 0.4) is 0 Å². The van der Waals surface area contributed by atoms with Gasteiger partial charge in [-0.15, -0.1) is 5.10 Å². The number of amidine groups is 1. The van der Waals surface area contributed by atoms with Crippen molar-refractivity contribution in [2.24, 2.45) is 10.1 Å². The van der Waals surface area contributed by atoms with Crippen molar-refractivity contribution in [1.29, 1.82) is 0 Å². The zero-order valence-electron chi connectivity index (χ0n) is 21.6. The molecule has 3 N–H and O–H groups in total. The van der Waals surface area contributed by atoms with Gasteiger partial charge in [0.1, 0.15) is 12.1 Å². The molecule has 0 fully saturated rings. The number of aliphatic imine (C=N–C) groups is 1. The van der Waals surface area contributed by atoms with Crippen molar-refractivity contribution < 1.29 is 22.7 Å². The summed E-state index contributed by atoms with van der Waals surface area (Å²) in [7, 11) is 0. The number of fused-ring (bicyclic) bond motifs is 1. The van der Waals surface area contributed by atoms with Gasteiger partial charge >= 0.3 is 6.18 Å². The van der Waals surface area contributed by atoms with Gasteiger partial charge in [-0.25, -0.2) is 10.5 Å². The van der Waals surface area contributed by atoms with E-state index in [-0.39, 0.29) is 25.0 Å². The molecule has 5 rings (SSSR count). The maximum Gasteiger partial charge on any atom is 0.389 e. The highest BCUT2D eigenvalue weighted by Gasteiger charge is 2.31. The molecule has 0 saturated heterocycles. The maximum absolute atomic E-state index is 13.3. The van der Waals surface area contributed by atoms with Crippen LogP contribution >= 0.6 is 0 Å². The van der Waals surface area contributed by atoms with Crippen molar-refractivity contribution in [2.75, 3.05) is 6.61 Å². The second-order valence-corrected chi connectivity index (χ2v) is 10.1. The van der Waals surface area contributed by atoms with Crippen LogP contribution in [0.4, 0.5) is 13.2 Å². The summed E-state index contributed by atoms with van der Waals surface area (Å²) in [5.41, 5.74) is 11.9. The third-order valence-corrected chi connectivity index (χ3v) is 7.27. The highest BCUT2D eigenvalue weighted by atomic mass is 19.4. The summed E-state index contributed by atoms with van der Waals surface area (Å²) >= 11 is 0. The van der Waals surface area contributed by atoms with Crippen LogP contribution in [0.5, 0.6) is 5.75 Å². The topological polar surface area (TPSA) is 87.1 Å². The molecular formula is C29H32F3N5O2. The maximum atomic E-state index is 13.3. The van der Waals surface area contributed by atoms with E-state index in [0.717, 1.165) is 55.2 Å². The molecule has 2 aromatic rings. The number of carbonyl (C=O) groups is 1. The monoisotopic (exact) mass is 539 g/mol. The fourth-order valence-electron chi connectivity index (χ4n) is 5.41. The van der Waals surface area contributed by atoms with Gasteiger partial charge in [0.05, 0.1) is 12.2 Å². The minimum absolute atomic E-state index is 0.0265. The number of halogens is 3. The lowest BCUT2D eigenvalue weighted by atomic mass is 9.86. The number of hydrogen-bond acceptors (Lipinski definition) is 6. The minimum atomic E-state index is -4.17. The van der Waals surface area contributed by atoms with Crippen LogP contribution in [-0.4, -0.2) is 36.9 Å². The summed E-state index contributed by atoms with van der Waals surface area (Å²) < 4.78 is 42.6. The zero-order valence-corrected chi connectivity index (χ0v) is 21.6. The number of alkyl halides is 3. The van der Waals surface area contributed by atoms with Gasteiger partial charge in [0.15, 0.2) is 5.84 Å². The number of nitrogens with zero attached hydrogens (tertiary/aromatic N) is 2. The molecule has 0 spiro atoms. The van der Waals surface area contributed by atoms with Crippen molar-refractivity contribution in [3.63, 3.8) is 0 Å². The number of rotatable bonds is 10. The predicted molar refractivity (Wildman–Crippen MR) is 144 cm³/mol. The molecule has 0 saturated carbocycles. The Balaban J connectivity index is 1.24. The molecule has 1 aliphatic carbocycles. The van der Waals surface area contributed by atoms with Gasteiger partial charge in [-0.3, -0.25) is 10.2 Å². The lowest BCUT2D eigenvalue weighted by Crippen LogP contribution is -2.47. The van der Waals surface area contributed by atoms with Crippen LogP contribution in [-0.2, 0) is 24.1 Å². The quantitative estimate of drug-likeness (QED) is 0.371. The first-order valence-electron chi connectivity index (χ1n) is 13.4. The molecule has 2 aliphatic heterocycles. The van der Waals surface area contributed by atoms with Crippen LogP contribution in [0, 0.1) is 0 Å². The predicted octanol–water partition coefficient (Wildman–Crippen LogP) is 5.01. The van der Waals surface area contributed by atoms with Crippen LogP contribution in [0.2, 0.25) is 0 Å². The van der Waals surface area contributed by atoms with Crippen molar-refractivity contribution in [1.82, 2.24) is 16.3 Å². The molecule has 0 bridgehead atoms. The third kappa shape index (κ3) is 6.99. The van der Waals surface area contributed by atoms with E-state index >= 15 is 0 Å². The van der Waals surface area contributed by atoms with Crippen molar-refractivity contribution >= 4 is 23.7 Å². The Kier molecular flexibility index (Phi) is 8.18. The highest BCUT2D eigenvalue weighted by molar-refractivity contribution is 6.27. The SMILES string of the molecule is O=C1N[C@@H](CCCc2cccc(OCCCC(F)(F)F)c2)CC(c2ccc3c(c2)CCC3)=C1C1=NC=NNN1. The Labute approximate surface area is 225 Å². The lowest BCUT2D eigenvalue weighted by Gasteiger charge is -2.29. The molecule has 3 aliphatic rings. The van der Waals surface area contributed by atoms with E-state index in [0.29, 0.717) is 23.6 Å². The van der Waals surface area contributed by atoms with Gasteiger partial charge in [0.25, 0.3) is 5.91 Å². The van der Waals surface area contributed by atoms with E-state index in [1.54, 1.807) is 6.07 Å². The molecule has 39 heavy (non-hydrogen) atoms. The van der Waals surface area contributed by atoms with Crippen LogP contribution in [0.15, 0.2) is 58.1 Å². The van der Waals surface area contributed by atoms with Crippen LogP contribution in [0.1, 0.15) is 60.8 Å². The van der Waals surface area contributed by atoms with Crippen LogP contribution < -0.4 is 21.0 Å². The van der Waals surface area contributed by atoms with Crippen molar-refractivity contribution in [2.45, 2.75) is 70.0 Å². The lowest BCUT2D eigenvalue weighted by molar-refractivity contribution is -0.136. The fraction of sp³-hybridized carbons (Fsp3) is 0.414. The number of hydrogen-bond donors (Lipinski definition) is 3. The molecule has 7 nitrogen and oxygen atoms in total. The average molecular weight is 540 g/mol. The second-order valence-electron chi connectivity index (χ2n) is 10.1. The van der Waals surface area contributed by atoms with E-state index in [1.807, 2.05) is 18.2 Å². The summed E-state index contributed by atoms with van der Waals surface area (Å²) in [4.78, 5) is 17.6. The van der Waals surface area contributed by atoms with E-state index in [2.05, 4.69) is 44.6 Å². The molecule has 10 heteroatoms. The number of hydrazine groups is 1. The zero-order chi connectivity index (χ0) is 27.2. The average Bonchev–Trinajstić information content (AvgIpc) is 3.39. The number of carbonyl (C=O) groups excluding carboxylic acids is 1. The first-order chi connectivity index (χ1) is 18.9. The summed E-state index contributed by atoms with van der Waals surface area (Å²) in [6.45, 7) is 0.0265. The largest absolute Gasteiger partial charge is 0.494 e. The molecule has 206 valence electrons. The number of aryl methyl sites for hydroxylation is 3. The number of ether oxygens (including phenoxy) is 1. The van der Waals surface area contributed by atoms with Gasteiger partial charge < -0.3 is 10.1 Å². The first-order valence-corrected chi connectivity index (χ1v) is 13.4. The fourth-order valence-corrected chi connectivity index (χ4v) is 5.41. The Bertz CT molecular complexity index is 1300. The molecule has 0 radical (unpaired) electrons. The van der Waals surface area contributed by atoms with Gasteiger partial charge in [-0.2, -0.15) is 13.2 Å². The first kappa shape index (κ1) is 26.8. The molecule has 1 amide bonds. The molecular weight excluding hydrogens is 507 g/mol. The number of benzene rings is 2. The summed E-state index contributed by atoms with van der Waals surface area (Å²) in [5.74, 6) is 0.855. The Hall–Kier alpha value is -3.82. The number of hydrazone groups is 1. The van der Waals surface area contributed by atoms with E-state index < -0.39 is 12.6 Å². The van der Waals surface area contributed by atoms with Gasteiger partial charge in [-0.1, -0.05) is 30.3 Å². The standard InChI is InChI=1S/C29H32F3N5O2/c30-29(31,32)13-4-14-39-24-10-2-6-19(15-24)5-1-9-23-17-25(22-12-11-20-7-3-8-21(20)16-22)26(28(38)35-23)27-33-18-34-37-36-27/h2,6,10-12,15-16,18,23,37H,1,3-5,7-9,13-14,17H2,(H,35,38)(H,33,34,36)/t23-/m0/s1. The molecule has 1 atom stereocenters. The Morgan fingerprint density at radius 2 is 1.92 bits per heavy atom. The van der Waals surface area contributed by atoms with Gasteiger partial charge in [-0.05, 0) is 91.3 Å². The Morgan fingerprint density at radius 1 is 1.05 bits per heavy atom. The van der Waals surface area contributed by atoms with Crippen molar-refractivity contribution in [3.05, 3.63) is 70.3 Å². The smallest absolute Gasteiger partial charge is 0.389 e. The normalized spacial score (nSPS) is 18.7. The minimum Gasteiger partial charge on any atom is -0.494 e. The highest BCUT2D eigenvalue weighted by Crippen LogP contribution is 2.33. The summed E-state index contributed by atoms with van der Waals surface area (Å²) in [6, 6.07) is 14.0.